The molecule has 2 aromatic heterocycles. The zero-order valence-electron chi connectivity index (χ0n) is 13.4. The first-order valence-electron chi connectivity index (χ1n) is 7.79. The lowest BCUT2D eigenvalue weighted by molar-refractivity contribution is -0.133. The normalized spacial score (nSPS) is 23.2. The maximum Gasteiger partial charge on any atom is 0.239 e. The molecule has 8 nitrogen and oxygen atoms in total. The van der Waals surface area contributed by atoms with Crippen molar-refractivity contribution in [3.05, 3.63) is 18.5 Å². The van der Waals surface area contributed by atoms with Crippen molar-refractivity contribution in [3.8, 4) is 0 Å². The lowest BCUT2D eigenvalue weighted by atomic mass is 10.1. The fourth-order valence-corrected chi connectivity index (χ4v) is 3.14. The van der Waals surface area contributed by atoms with Gasteiger partial charge in [0, 0.05) is 39.1 Å². The van der Waals surface area contributed by atoms with Gasteiger partial charge in [-0.15, -0.1) is 40.1 Å². The van der Waals surface area contributed by atoms with Gasteiger partial charge in [-0.05, 0) is 12.1 Å². The topological polar surface area (TPSA) is 78.7 Å². The summed E-state index contributed by atoms with van der Waals surface area (Å²) < 4.78 is 14.9. The summed E-state index contributed by atoms with van der Waals surface area (Å²) in [6.07, 6.45) is 0.938. The average Bonchev–Trinajstić information content (AvgIpc) is 3.22. The van der Waals surface area contributed by atoms with E-state index in [9.17, 15) is 9.18 Å². The van der Waals surface area contributed by atoms with Crippen molar-refractivity contribution in [3.63, 3.8) is 0 Å². The van der Waals surface area contributed by atoms with Crippen molar-refractivity contribution in [1.29, 1.82) is 0 Å². The smallest absolute Gasteiger partial charge is 0.239 e. The van der Waals surface area contributed by atoms with Crippen LogP contribution < -0.4 is 10.2 Å². The van der Waals surface area contributed by atoms with Crippen LogP contribution in [-0.2, 0) is 4.79 Å². The molecule has 0 radical (unpaired) electrons. The molecular formula is C14H20Cl2FN7O. The van der Waals surface area contributed by atoms with E-state index in [2.05, 4.69) is 25.5 Å². The van der Waals surface area contributed by atoms with Gasteiger partial charge < -0.3 is 15.1 Å². The largest absolute Gasteiger partial charge is 0.352 e. The van der Waals surface area contributed by atoms with Crippen molar-refractivity contribution in [2.24, 2.45) is 0 Å². The standard InChI is InChI=1S/C14H18FN7O.2ClH/c15-10-7-11(16-8-10)14(23)21-5-3-20(4-6-21)13-2-1-12-18-17-9-22(12)19-13;;/h1-2,9-11,16H,3-8H2;2*1H/t10-,11+;;/m0../s1. The number of aromatic nitrogens is 4. The zero-order chi connectivity index (χ0) is 15.8. The van der Waals surface area contributed by atoms with Crippen LogP contribution in [-0.4, -0.2) is 75.6 Å². The van der Waals surface area contributed by atoms with E-state index in [0.29, 0.717) is 31.8 Å². The highest BCUT2D eigenvalue weighted by Crippen LogP contribution is 2.17. The summed E-state index contributed by atoms with van der Waals surface area (Å²) in [5, 5.41) is 15.2. The first kappa shape index (κ1) is 19.6. The summed E-state index contributed by atoms with van der Waals surface area (Å²) in [4.78, 5) is 16.3. The van der Waals surface area contributed by atoms with Crippen molar-refractivity contribution in [2.75, 3.05) is 37.6 Å². The van der Waals surface area contributed by atoms with Gasteiger partial charge in [-0.3, -0.25) is 4.79 Å². The number of hydrogen-bond donors (Lipinski definition) is 1. The number of amides is 1. The van der Waals surface area contributed by atoms with Crippen LogP contribution in [0.2, 0.25) is 0 Å². The third-order valence-electron chi connectivity index (χ3n) is 4.44. The molecule has 4 heterocycles. The second kappa shape index (κ2) is 8.11. The average molecular weight is 392 g/mol. The van der Waals surface area contributed by atoms with Gasteiger partial charge in [-0.25, -0.2) is 4.39 Å². The van der Waals surface area contributed by atoms with Crippen LogP contribution in [0.5, 0.6) is 0 Å². The zero-order valence-corrected chi connectivity index (χ0v) is 15.0. The first-order chi connectivity index (χ1) is 11.2. The molecule has 0 saturated carbocycles. The molecule has 0 aromatic carbocycles. The Bertz CT molecular complexity index is 722. The van der Waals surface area contributed by atoms with Gasteiger partial charge in [0.25, 0.3) is 0 Å². The summed E-state index contributed by atoms with van der Waals surface area (Å²) in [6, 6.07) is 3.41. The predicted octanol–water partition coefficient (Wildman–Crippen LogP) is 0.316. The number of nitrogens with one attached hydrogen (secondary N) is 1. The van der Waals surface area contributed by atoms with E-state index in [4.69, 9.17) is 0 Å². The minimum Gasteiger partial charge on any atom is -0.352 e. The molecule has 25 heavy (non-hydrogen) atoms. The van der Waals surface area contributed by atoms with Gasteiger partial charge in [0.1, 0.15) is 18.3 Å². The summed E-state index contributed by atoms with van der Waals surface area (Å²) in [6.45, 7) is 2.93. The molecular weight excluding hydrogens is 372 g/mol. The van der Waals surface area contributed by atoms with E-state index in [0.717, 1.165) is 5.82 Å². The Morgan fingerprint density at radius 3 is 2.64 bits per heavy atom. The Morgan fingerprint density at radius 1 is 1.20 bits per heavy atom. The molecule has 2 aliphatic rings. The van der Waals surface area contributed by atoms with Crippen LogP contribution in [0.1, 0.15) is 6.42 Å². The van der Waals surface area contributed by atoms with Gasteiger partial charge >= 0.3 is 0 Å². The second-order valence-electron chi connectivity index (χ2n) is 5.93. The highest BCUT2D eigenvalue weighted by Gasteiger charge is 2.33. The number of rotatable bonds is 2. The van der Waals surface area contributed by atoms with E-state index < -0.39 is 6.17 Å². The van der Waals surface area contributed by atoms with Crippen LogP contribution in [0, 0.1) is 0 Å². The molecule has 4 rings (SSSR count). The Labute approximate surface area is 156 Å². The fraction of sp³-hybridized carbons (Fsp3) is 0.571. The molecule has 11 heteroatoms. The molecule has 2 fully saturated rings. The monoisotopic (exact) mass is 391 g/mol. The Kier molecular flexibility index (Phi) is 6.36. The van der Waals surface area contributed by atoms with E-state index in [-0.39, 0.29) is 49.7 Å². The maximum atomic E-state index is 13.2. The molecule has 0 aliphatic carbocycles. The highest BCUT2D eigenvalue weighted by atomic mass is 35.5. The van der Waals surface area contributed by atoms with Gasteiger partial charge in [0.05, 0.1) is 6.04 Å². The number of carbonyl (C=O) groups is 1. The third kappa shape index (κ3) is 3.94. The number of nitrogens with zero attached hydrogens (tertiary/aromatic N) is 6. The Balaban J connectivity index is 0.00000113. The molecule has 2 saturated heterocycles. The molecule has 0 unspecified atom stereocenters. The Hall–Kier alpha value is -1.71. The molecule has 138 valence electrons. The lowest BCUT2D eigenvalue weighted by Crippen LogP contribution is -2.53. The number of carbonyl (C=O) groups excluding carboxylic acids is 1. The fourth-order valence-electron chi connectivity index (χ4n) is 3.14. The molecule has 2 aromatic rings. The molecule has 0 spiro atoms. The summed E-state index contributed by atoms with van der Waals surface area (Å²) in [5.74, 6) is 0.847. The van der Waals surface area contributed by atoms with Gasteiger partial charge in [0.15, 0.2) is 5.65 Å². The minimum absolute atomic E-state index is 0. The van der Waals surface area contributed by atoms with E-state index >= 15 is 0 Å². The van der Waals surface area contributed by atoms with Gasteiger partial charge in [-0.2, -0.15) is 4.52 Å². The summed E-state index contributed by atoms with van der Waals surface area (Å²) >= 11 is 0. The van der Waals surface area contributed by atoms with Crippen molar-refractivity contribution in [2.45, 2.75) is 18.6 Å². The van der Waals surface area contributed by atoms with Crippen LogP contribution in [0.4, 0.5) is 10.2 Å². The molecule has 1 N–H and O–H groups in total. The second-order valence-corrected chi connectivity index (χ2v) is 5.93. The lowest BCUT2D eigenvalue weighted by Gasteiger charge is -2.36. The number of piperazine rings is 1. The first-order valence-corrected chi connectivity index (χ1v) is 7.79. The minimum atomic E-state index is -0.912. The molecule has 1 amide bonds. The number of halogens is 3. The number of alkyl halides is 1. The van der Waals surface area contributed by atoms with Gasteiger partial charge in [0.2, 0.25) is 5.91 Å². The number of fused-ring (bicyclic) bond motifs is 1. The van der Waals surface area contributed by atoms with E-state index in [1.54, 1.807) is 10.8 Å². The third-order valence-corrected chi connectivity index (χ3v) is 4.44. The predicted molar refractivity (Wildman–Crippen MR) is 95.4 cm³/mol. The molecule has 2 aliphatic heterocycles. The molecule has 0 bridgehead atoms. The Morgan fingerprint density at radius 2 is 1.96 bits per heavy atom. The number of anilines is 1. The van der Waals surface area contributed by atoms with Crippen molar-refractivity contribution < 1.29 is 9.18 Å². The van der Waals surface area contributed by atoms with Crippen LogP contribution in [0.25, 0.3) is 5.65 Å². The van der Waals surface area contributed by atoms with E-state index in [1.807, 2.05) is 17.0 Å². The van der Waals surface area contributed by atoms with Crippen LogP contribution in [0.15, 0.2) is 18.5 Å². The molecule has 2 atom stereocenters. The van der Waals surface area contributed by atoms with Crippen molar-refractivity contribution >= 4 is 42.2 Å². The maximum absolute atomic E-state index is 13.2. The highest BCUT2D eigenvalue weighted by molar-refractivity contribution is 5.85. The van der Waals surface area contributed by atoms with Crippen LogP contribution in [0.3, 0.4) is 0 Å². The summed E-state index contributed by atoms with van der Waals surface area (Å²) in [5.41, 5.74) is 0.704. The summed E-state index contributed by atoms with van der Waals surface area (Å²) in [7, 11) is 0. The quantitative estimate of drug-likeness (QED) is 0.793. The van der Waals surface area contributed by atoms with E-state index in [1.165, 1.54) is 0 Å². The van der Waals surface area contributed by atoms with Crippen LogP contribution >= 0.6 is 24.8 Å². The van der Waals surface area contributed by atoms with Crippen molar-refractivity contribution in [1.82, 2.24) is 30.0 Å². The van der Waals surface area contributed by atoms with Gasteiger partial charge in [-0.1, -0.05) is 0 Å². The number of hydrogen-bond acceptors (Lipinski definition) is 6. The SMILES string of the molecule is Cl.Cl.O=C([C@H]1C[C@H](F)CN1)N1CCN(c2ccc3nncn3n2)CC1.